The van der Waals surface area contributed by atoms with Crippen molar-refractivity contribution in [1.29, 1.82) is 0 Å². The average molecular weight is 470 g/mol. The van der Waals surface area contributed by atoms with E-state index in [9.17, 15) is 17.8 Å². The Kier molecular flexibility index (Phi) is 25.2. The molecule has 0 aliphatic heterocycles. The molecule has 0 saturated carbocycles. The van der Waals surface area contributed by atoms with Gasteiger partial charge in [-0.05, 0) is 44.9 Å². The van der Waals surface area contributed by atoms with Gasteiger partial charge in [-0.25, -0.2) is 8.42 Å². The van der Waals surface area contributed by atoms with E-state index in [-0.39, 0.29) is 63.0 Å². The van der Waals surface area contributed by atoms with E-state index in [1.54, 1.807) is 11.9 Å². The first-order valence-corrected chi connectivity index (χ1v) is 13.3. The minimum Gasteiger partial charge on any atom is -0.748 e. The average Bonchev–Trinajstić information content (AvgIpc) is 2.67. The quantitative estimate of drug-likeness (QED) is 0.119. The molecular formula is C23H44KNO4S. The van der Waals surface area contributed by atoms with Gasteiger partial charge < -0.3 is 9.45 Å². The van der Waals surface area contributed by atoms with Crippen molar-refractivity contribution in [3.8, 4) is 0 Å². The minimum atomic E-state index is -4.14. The minimum absolute atomic E-state index is 0. The fraction of sp³-hybridized carbons (Fsp3) is 0.870. The number of allylic oxidation sites excluding steroid dienone is 2. The van der Waals surface area contributed by atoms with Crippen molar-refractivity contribution in [1.82, 2.24) is 4.90 Å². The fourth-order valence-electron chi connectivity index (χ4n) is 3.29. The molecule has 0 aromatic heterocycles. The number of carbonyl (C=O) groups is 1. The van der Waals surface area contributed by atoms with E-state index >= 15 is 0 Å². The predicted octanol–water partition coefficient (Wildman–Crippen LogP) is 2.81. The van der Waals surface area contributed by atoms with Crippen LogP contribution in [0.15, 0.2) is 12.2 Å². The molecule has 0 fully saturated rings. The SMILES string of the molecule is CCCCCCCC/C=C\CCCCCCCC(=O)N(C)CCCCS(=O)(=O)[O-].[K+]. The number of amides is 1. The van der Waals surface area contributed by atoms with Crippen LogP contribution in [0.25, 0.3) is 0 Å². The van der Waals surface area contributed by atoms with Crippen LogP contribution in [0.1, 0.15) is 110 Å². The number of carbonyl (C=O) groups excluding carboxylic acids is 1. The van der Waals surface area contributed by atoms with Crippen LogP contribution in [0.3, 0.4) is 0 Å². The second-order valence-electron chi connectivity index (χ2n) is 8.12. The molecule has 0 unspecified atom stereocenters. The molecule has 30 heavy (non-hydrogen) atoms. The Balaban J connectivity index is 0. The van der Waals surface area contributed by atoms with Crippen LogP contribution in [0, 0.1) is 0 Å². The Labute approximate surface area is 229 Å². The van der Waals surface area contributed by atoms with Gasteiger partial charge in [0, 0.05) is 25.8 Å². The van der Waals surface area contributed by atoms with E-state index in [0.717, 1.165) is 19.3 Å². The van der Waals surface area contributed by atoms with E-state index in [1.165, 1.54) is 64.2 Å². The largest absolute Gasteiger partial charge is 1.00 e. The molecule has 7 heteroatoms. The van der Waals surface area contributed by atoms with E-state index in [0.29, 0.717) is 25.8 Å². The molecule has 0 aromatic carbocycles. The Morgan fingerprint density at radius 2 is 1.30 bits per heavy atom. The van der Waals surface area contributed by atoms with Crippen LogP contribution in [0.4, 0.5) is 0 Å². The summed E-state index contributed by atoms with van der Waals surface area (Å²) in [6.07, 6.45) is 22.2. The number of rotatable bonds is 20. The van der Waals surface area contributed by atoms with E-state index in [1.807, 2.05) is 0 Å². The molecule has 0 spiro atoms. The first-order chi connectivity index (χ1) is 13.9. The smallest absolute Gasteiger partial charge is 0.748 e. The van der Waals surface area contributed by atoms with Gasteiger partial charge in [0.25, 0.3) is 0 Å². The maximum atomic E-state index is 12.0. The zero-order valence-corrected chi connectivity index (χ0v) is 23.8. The third-order valence-corrected chi connectivity index (χ3v) is 6.00. The normalized spacial score (nSPS) is 11.6. The van der Waals surface area contributed by atoms with Crippen molar-refractivity contribution < 1.29 is 69.1 Å². The summed E-state index contributed by atoms with van der Waals surface area (Å²) >= 11 is 0. The zero-order chi connectivity index (χ0) is 21.8. The Morgan fingerprint density at radius 1 is 0.800 bits per heavy atom. The maximum Gasteiger partial charge on any atom is 1.00 e. The van der Waals surface area contributed by atoms with Crippen molar-refractivity contribution in [3.05, 3.63) is 12.2 Å². The first-order valence-electron chi connectivity index (χ1n) is 11.7. The summed E-state index contributed by atoms with van der Waals surface area (Å²) in [7, 11) is -2.40. The molecule has 0 heterocycles. The summed E-state index contributed by atoms with van der Waals surface area (Å²) in [5, 5.41) is 0. The third-order valence-electron chi connectivity index (χ3n) is 5.22. The van der Waals surface area contributed by atoms with Gasteiger partial charge in [0.1, 0.15) is 0 Å². The molecule has 172 valence electrons. The monoisotopic (exact) mass is 469 g/mol. The van der Waals surface area contributed by atoms with Crippen LogP contribution in [-0.2, 0) is 14.9 Å². The van der Waals surface area contributed by atoms with Gasteiger partial charge in [-0.2, -0.15) is 0 Å². The van der Waals surface area contributed by atoms with Crippen LogP contribution >= 0.6 is 0 Å². The second kappa shape index (κ2) is 22.9. The molecule has 1 amide bonds. The van der Waals surface area contributed by atoms with E-state index in [2.05, 4.69) is 19.1 Å². The van der Waals surface area contributed by atoms with Gasteiger partial charge >= 0.3 is 51.4 Å². The molecule has 5 nitrogen and oxygen atoms in total. The van der Waals surface area contributed by atoms with Crippen molar-refractivity contribution in [2.75, 3.05) is 19.3 Å². The van der Waals surface area contributed by atoms with Gasteiger partial charge in [0.2, 0.25) is 5.91 Å². The van der Waals surface area contributed by atoms with Gasteiger partial charge in [0.15, 0.2) is 0 Å². The Hall–Kier alpha value is 0.756. The molecule has 0 rings (SSSR count). The molecule has 0 saturated heterocycles. The topological polar surface area (TPSA) is 77.5 Å². The zero-order valence-electron chi connectivity index (χ0n) is 19.9. The van der Waals surface area contributed by atoms with Crippen LogP contribution < -0.4 is 51.4 Å². The van der Waals surface area contributed by atoms with Crippen molar-refractivity contribution in [2.24, 2.45) is 0 Å². The van der Waals surface area contributed by atoms with Crippen LogP contribution in [0.2, 0.25) is 0 Å². The number of nitrogens with zero attached hydrogens (tertiary/aromatic N) is 1. The number of hydrogen-bond donors (Lipinski definition) is 0. The van der Waals surface area contributed by atoms with Gasteiger partial charge in [-0.3, -0.25) is 4.79 Å². The van der Waals surface area contributed by atoms with Crippen molar-refractivity contribution in [3.63, 3.8) is 0 Å². The van der Waals surface area contributed by atoms with Crippen LogP contribution in [-0.4, -0.2) is 43.1 Å². The predicted molar refractivity (Wildman–Crippen MR) is 121 cm³/mol. The Bertz CT molecular complexity index is 523. The summed E-state index contributed by atoms with van der Waals surface area (Å²) in [5.74, 6) is -0.240. The van der Waals surface area contributed by atoms with Gasteiger partial charge in [0.05, 0.1) is 10.1 Å². The molecule has 0 aliphatic carbocycles. The molecule has 0 bridgehead atoms. The summed E-state index contributed by atoms with van der Waals surface area (Å²) < 4.78 is 31.6. The number of unbranched alkanes of at least 4 members (excludes halogenated alkanes) is 12. The maximum absolute atomic E-state index is 12.0. The van der Waals surface area contributed by atoms with Crippen molar-refractivity contribution >= 4 is 16.0 Å². The summed E-state index contributed by atoms with van der Waals surface area (Å²) in [4.78, 5) is 13.6. The van der Waals surface area contributed by atoms with E-state index in [4.69, 9.17) is 0 Å². The standard InChI is InChI=1S/C23H45NO4S.K/c1-3-4-5-6-7-8-9-10-11-12-13-14-15-16-17-20-23(25)24(2)21-18-19-22-29(26,27)28;/h10-11H,3-9,12-22H2,1-2H3,(H,26,27,28);/q;+1/p-1/b11-10-;. The summed E-state index contributed by atoms with van der Waals surface area (Å²) in [6, 6.07) is 0. The van der Waals surface area contributed by atoms with Gasteiger partial charge in [-0.15, -0.1) is 0 Å². The number of hydrogen-bond acceptors (Lipinski definition) is 4. The fourth-order valence-corrected chi connectivity index (χ4v) is 3.85. The Morgan fingerprint density at radius 3 is 1.83 bits per heavy atom. The van der Waals surface area contributed by atoms with Crippen LogP contribution in [0.5, 0.6) is 0 Å². The molecule has 0 radical (unpaired) electrons. The molecule has 0 N–H and O–H groups in total. The first kappa shape index (κ1) is 32.9. The van der Waals surface area contributed by atoms with Gasteiger partial charge in [-0.1, -0.05) is 70.4 Å². The van der Waals surface area contributed by atoms with Crippen molar-refractivity contribution in [2.45, 2.75) is 110 Å². The molecule has 0 aliphatic rings. The summed E-state index contributed by atoms with van der Waals surface area (Å²) in [6.45, 7) is 2.77. The summed E-state index contributed by atoms with van der Waals surface area (Å²) in [5.41, 5.74) is 0. The molecule has 0 aromatic rings. The molecular weight excluding hydrogens is 425 g/mol. The molecule has 0 atom stereocenters. The second-order valence-corrected chi connectivity index (χ2v) is 9.64. The third kappa shape index (κ3) is 25.0. The van der Waals surface area contributed by atoms with E-state index < -0.39 is 10.1 Å².